The van der Waals surface area contributed by atoms with Crippen LogP contribution in [0.2, 0.25) is 0 Å². The number of thioether (sulfide) groups is 1. The fourth-order valence-corrected chi connectivity index (χ4v) is 2.60. The minimum atomic E-state index is 0.237. The first-order valence-corrected chi connectivity index (χ1v) is 6.53. The molecule has 1 N–H and O–H groups in total. The molecule has 15 heavy (non-hydrogen) atoms. The Labute approximate surface area is 97.7 Å². The molecule has 1 atom stereocenters. The second-order valence-electron chi connectivity index (χ2n) is 4.83. The van der Waals surface area contributed by atoms with Gasteiger partial charge < -0.3 is 5.32 Å². The second kappa shape index (κ2) is 5.04. The zero-order valence-electron chi connectivity index (χ0n) is 10.3. The van der Waals surface area contributed by atoms with Crippen molar-refractivity contribution in [2.45, 2.75) is 31.7 Å². The van der Waals surface area contributed by atoms with Crippen molar-refractivity contribution >= 4 is 11.8 Å². The van der Waals surface area contributed by atoms with Crippen molar-refractivity contribution < 1.29 is 0 Å². The molecular weight excluding hydrogens is 202 g/mol. The molecule has 0 saturated carbocycles. The number of rotatable bonds is 3. The summed E-state index contributed by atoms with van der Waals surface area (Å²) in [6, 6.07) is 9.03. The summed E-state index contributed by atoms with van der Waals surface area (Å²) in [4.78, 5) is 1.37. The predicted molar refractivity (Wildman–Crippen MR) is 69.5 cm³/mol. The summed E-state index contributed by atoms with van der Waals surface area (Å²) in [6.45, 7) is 6.81. The van der Waals surface area contributed by atoms with Gasteiger partial charge in [-0.3, -0.25) is 0 Å². The van der Waals surface area contributed by atoms with E-state index in [0.717, 1.165) is 0 Å². The van der Waals surface area contributed by atoms with Crippen molar-refractivity contribution in [2.75, 3.05) is 13.3 Å². The van der Waals surface area contributed by atoms with Crippen LogP contribution in [0.4, 0.5) is 0 Å². The molecule has 1 unspecified atom stereocenters. The highest BCUT2D eigenvalue weighted by atomic mass is 32.2. The molecule has 0 radical (unpaired) electrons. The Morgan fingerprint density at radius 3 is 2.27 bits per heavy atom. The molecule has 1 aromatic rings. The topological polar surface area (TPSA) is 12.0 Å². The average molecular weight is 223 g/mol. The first-order valence-electron chi connectivity index (χ1n) is 5.31. The molecule has 0 amide bonds. The van der Waals surface area contributed by atoms with E-state index in [1.54, 1.807) is 0 Å². The lowest BCUT2D eigenvalue weighted by Gasteiger charge is -2.32. The molecule has 0 spiro atoms. The molecule has 0 aliphatic carbocycles. The molecule has 1 aromatic carbocycles. The van der Waals surface area contributed by atoms with Gasteiger partial charge in [-0.1, -0.05) is 39.0 Å². The summed E-state index contributed by atoms with van der Waals surface area (Å²) in [6.07, 6.45) is 2.13. The number of benzene rings is 1. The van der Waals surface area contributed by atoms with Gasteiger partial charge in [0.1, 0.15) is 0 Å². The molecule has 0 aliphatic heterocycles. The number of nitrogens with one attached hydrogen (secondary N) is 1. The van der Waals surface area contributed by atoms with Crippen molar-refractivity contribution in [3.63, 3.8) is 0 Å². The van der Waals surface area contributed by atoms with Crippen LogP contribution in [0.15, 0.2) is 29.2 Å². The van der Waals surface area contributed by atoms with E-state index in [2.05, 4.69) is 56.6 Å². The van der Waals surface area contributed by atoms with Gasteiger partial charge in [-0.15, -0.1) is 11.8 Å². The summed E-state index contributed by atoms with van der Waals surface area (Å²) < 4.78 is 0. The molecule has 0 aromatic heterocycles. The maximum atomic E-state index is 3.42. The van der Waals surface area contributed by atoms with Gasteiger partial charge in [0.15, 0.2) is 0 Å². The van der Waals surface area contributed by atoms with Gasteiger partial charge in [-0.05, 0) is 30.3 Å². The van der Waals surface area contributed by atoms with Crippen molar-refractivity contribution in [1.29, 1.82) is 0 Å². The van der Waals surface area contributed by atoms with Crippen molar-refractivity contribution in [2.24, 2.45) is 5.41 Å². The molecule has 2 heteroatoms. The summed E-state index contributed by atoms with van der Waals surface area (Å²) >= 11 is 1.82. The molecule has 1 rings (SSSR count). The van der Waals surface area contributed by atoms with Crippen LogP contribution in [0.5, 0.6) is 0 Å². The Balaban J connectivity index is 3.12. The Bertz CT molecular complexity index is 315. The van der Waals surface area contributed by atoms with Crippen molar-refractivity contribution in [3.8, 4) is 0 Å². The monoisotopic (exact) mass is 223 g/mol. The van der Waals surface area contributed by atoms with Crippen molar-refractivity contribution in [3.05, 3.63) is 29.8 Å². The minimum Gasteiger partial charge on any atom is -0.313 e. The summed E-state index contributed by atoms with van der Waals surface area (Å²) in [7, 11) is 2.03. The van der Waals surface area contributed by atoms with E-state index in [0.29, 0.717) is 6.04 Å². The van der Waals surface area contributed by atoms with E-state index >= 15 is 0 Å². The highest BCUT2D eigenvalue weighted by Crippen LogP contribution is 2.36. The van der Waals surface area contributed by atoms with Crippen LogP contribution in [0.1, 0.15) is 32.4 Å². The molecule has 0 aliphatic rings. The lowest BCUT2D eigenvalue weighted by molar-refractivity contribution is 0.284. The van der Waals surface area contributed by atoms with Crippen LogP contribution in [-0.2, 0) is 0 Å². The normalized spacial score (nSPS) is 13.9. The summed E-state index contributed by atoms with van der Waals surface area (Å²) in [5.74, 6) is 0. The Kier molecular flexibility index (Phi) is 4.23. The lowest BCUT2D eigenvalue weighted by Crippen LogP contribution is -2.30. The quantitative estimate of drug-likeness (QED) is 0.784. The van der Waals surface area contributed by atoms with Crippen molar-refractivity contribution in [1.82, 2.24) is 5.32 Å². The fraction of sp³-hybridized carbons (Fsp3) is 0.538. The smallest absolute Gasteiger partial charge is 0.0377 e. The van der Waals surface area contributed by atoms with E-state index in [4.69, 9.17) is 0 Å². The maximum Gasteiger partial charge on any atom is 0.0377 e. The van der Waals surface area contributed by atoms with E-state index in [1.165, 1.54) is 10.5 Å². The third-order valence-corrected chi connectivity index (χ3v) is 3.42. The third kappa shape index (κ3) is 2.99. The number of hydrogen-bond donors (Lipinski definition) is 1. The first kappa shape index (κ1) is 12.6. The molecule has 1 nitrogen and oxygen atoms in total. The van der Waals surface area contributed by atoms with Gasteiger partial charge in [0.05, 0.1) is 0 Å². The Morgan fingerprint density at radius 1 is 1.20 bits per heavy atom. The van der Waals surface area contributed by atoms with Crippen LogP contribution >= 0.6 is 11.8 Å². The number of hydrogen-bond acceptors (Lipinski definition) is 2. The molecule has 0 heterocycles. The predicted octanol–water partition coefficient (Wildman–Crippen LogP) is 3.72. The molecule has 84 valence electrons. The zero-order valence-corrected chi connectivity index (χ0v) is 11.1. The van der Waals surface area contributed by atoms with E-state index in [-0.39, 0.29) is 5.41 Å². The SMILES string of the molecule is CNC(c1ccccc1SC)C(C)(C)C. The van der Waals surface area contributed by atoms with E-state index in [9.17, 15) is 0 Å². The van der Waals surface area contributed by atoms with E-state index in [1.807, 2.05) is 18.8 Å². The second-order valence-corrected chi connectivity index (χ2v) is 5.68. The lowest BCUT2D eigenvalue weighted by atomic mass is 9.82. The van der Waals surface area contributed by atoms with Gasteiger partial charge in [0.25, 0.3) is 0 Å². The van der Waals surface area contributed by atoms with Gasteiger partial charge in [0.2, 0.25) is 0 Å². The van der Waals surface area contributed by atoms with Gasteiger partial charge in [0, 0.05) is 10.9 Å². The van der Waals surface area contributed by atoms with Crippen LogP contribution in [0.25, 0.3) is 0 Å². The average Bonchev–Trinajstić information content (AvgIpc) is 2.17. The summed E-state index contributed by atoms with van der Waals surface area (Å²) in [5, 5.41) is 3.42. The Hall–Kier alpha value is -0.470. The maximum absolute atomic E-state index is 3.42. The highest BCUT2D eigenvalue weighted by Gasteiger charge is 2.26. The Morgan fingerprint density at radius 2 is 1.80 bits per heavy atom. The standard InChI is InChI=1S/C13H21NS/c1-13(2,3)12(14-4)10-8-6-7-9-11(10)15-5/h6-9,12,14H,1-5H3. The molecule has 0 fully saturated rings. The molecule has 0 saturated heterocycles. The molecular formula is C13H21NS. The minimum absolute atomic E-state index is 0.237. The van der Waals surface area contributed by atoms with Gasteiger partial charge in [-0.2, -0.15) is 0 Å². The largest absolute Gasteiger partial charge is 0.313 e. The first-order chi connectivity index (χ1) is 7.00. The van der Waals surface area contributed by atoms with Crippen LogP contribution in [0, 0.1) is 5.41 Å². The van der Waals surface area contributed by atoms with Crippen LogP contribution in [-0.4, -0.2) is 13.3 Å². The van der Waals surface area contributed by atoms with Gasteiger partial charge >= 0.3 is 0 Å². The summed E-state index contributed by atoms with van der Waals surface area (Å²) in [5.41, 5.74) is 1.64. The zero-order chi connectivity index (χ0) is 11.5. The van der Waals surface area contributed by atoms with Crippen LogP contribution in [0.3, 0.4) is 0 Å². The van der Waals surface area contributed by atoms with Crippen LogP contribution < -0.4 is 5.32 Å². The fourth-order valence-electron chi connectivity index (χ4n) is 1.96. The third-order valence-electron chi connectivity index (χ3n) is 2.60. The van der Waals surface area contributed by atoms with E-state index < -0.39 is 0 Å². The van der Waals surface area contributed by atoms with Gasteiger partial charge in [-0.25, -0.2) is 0 Å². The molecule has 0 bridgehead atoms. The highest BCUT2D eigenvalue weighted by molar-refractivity contribution is 7.98.